The lowest BCUT2D eigenvalue weighted by molar-refractivity contribution is 0.308. The molecule has 0 heterocycles. The number of halogens is 5. The number of hydrogen-bond acceptors (Lipinski definition) is 0. The zero-order chi connectivity index (χ0) is 15.8. The summed E-state index contributed by atoms with van der Waals surface area (Å²) in [7, 11) is -4.25. The Morgan fingerprint density at radius 3 is 1.95 bits per heavy atom. The van der Waals surface area contributed by atoms with Crippen LogP contribution in [-0.4, -0.2) is 0 Å². The number of rotatable bonds is 4. The van der Waals surface area contributed by atoms with Gasteiger partial charge in [0.15, 0.2) is 0 Å². The van der Waals surface area contributed by atoms with Gasteiger partial charge in [0.05, 0.1) is 4.90 Å². The van der Waals surface area contributed by atoms with Crippen molar-refractivity contribution in [3.63, 3.8) is 0 Å². The Labute approximate surface area is 127 Å². The Morgan fingerprint density at radius 1 is 1.00 bits per heavy atom. The zero-order valence-electron chi connectivity index (χ0n) is 12.0. The standard InChI is InChI=1S/C15H21ClF4S/c1-2-3-12-4-6-13(7-5-12)14-8-10-15(11-9-14)21(16,17,18,19)20/h8-13H,2-7H2,1H3. The van der Waals surface area contributed by atoms with E-state index < -0.39 is 13.9 Å². The predicted molar refractivity (Wildman–Crippen MR) is 82.2 cm³/mol. The molecule has 1 aliphatic rings. The van der Waals surface area contributed by atoms with Crippen molar-refractivity contribution in [1.29, 1.82) is 0 Å². The highest BCUT2D eigenvalue weighted by atomic mass is 35.7. The zero-order valence-corrected chi connectivity index (χ0v) is 13.6. The second-order valence-electron chi connectivity index (χ2n) is 6.04. The van der Waals surface area contributed by atoms with Crippen LogP contribution in [0.1, 0.15) is 56.9 Å². The van der Waals surface area contributed by atoms with Crippen LogP contribution >= 0.6 is 19.7 Å². The molecule has 1 saturated carbocycles. The molecule has 0 saturated heterocycles. The van der Waals surface area contributed by atoms with E-state index in [1.165, 1.54) is 25.0 Å². The third-order valence-corrected chi connectivity index (χ3v) is 6.04. The molecule has 1 aromatic rings. The first-order chi connectivity index (χ1) is 9.49. The summed E-state index contributed by atoms with van der Waals surface area (Å²) < 4.78 is 52.4. The van der Waals surface area contributed by atoms with Crippen molar-refractivity contribution in [2.45, 2.75) is 56.3 Å². The van der Waals surface area contributed by atoms with Crippen LogP contribution in [0.2, 0.25) is 0 Å². The van der Waals surface area contributed by atoms with Crippen molar-refractivity contribution < 1.29 is 15.5 Å². The molecule has 1 aliphatic carbocycles. The maximum atomic E-state index is 13.1. The summed E-state index contributed by atoms with van der Waals surface area (Å²) in [5.74, 6) is 1.02. The third-order valence-electron chi connectivity index (χ3n) is 4.34. The summed E-state index contributed by atoms with van der Waals surface area (Å²) in [6.45, 7) is 2.17. The van der Waals surface area contributed by atoms with Crippen LogP contribution in [0.15, 0.2) is 29.2 Å². The van der Waals surface area contributed by atoms with E-state index in [-0.39, 0.29) is 5.92 Å². The minimum atomic E-state index is -8.56. The lowest BCUT2D eigenvalue weighted by atomic mass is 9.77. The van der Waals surface area contributed by atoms with Crippen LogP contribution in [0.5, 0.6) is 0 Å². The third kappa shape index (κ3) is 4.52. The first kappa shape index (κ1) is 16.9. The second kappa shape index (κ2) is 5.05. The Hall–Kier alpha value is -0.420. The highest BCUT2D eigenvalue weighted by molar-refractivity contribution is 8.65. The van der Waals surface area contributed by atoms with Gasteiger partial charge < -0.3 is 0 Å². The minimum absolute atomic E-state index is 0.279. The monoisotopic (exact) mass is 344 g/mol. The molecule has 0 spiro atoms. The molecule has 0 nitrogen and oxygen atoms in total. The molecule has 6 heteroatoms. The normalized spacial score (nSPS) is 27.0. The predicted octanol–water partition coefficient (Wildman–Crippen LogP) is 7.69. The van der Waals surface area contributed by atoms with E-state index in [1.807, 2.05) is 0 Å². The summed E-state index contributed by atoms with van der Waals surface area (Å²) in [5.41, 5.74) is 0.854. The van der Waals surface area contributed by atoms with Gasteiger partial charge in [-0.3, -0.25) is 0 Å². The number of benzene rings is 1. The van der Waals surface area contributed by atoms with Crippen LogP contribution in [0.3, 0.4) is 0 Å². The van der Waals surface area contributed by atoms with Gasteiger partial charge in [0.2, 0.25) is 0 Å². The van der Waals surface area contributed by atoms with Gasteiger partial charge in [-0.15, -0.1) is 15.5 Å². The molecule has 1 fully saturated rings. The fourth-order valence-corrected chi connectivity index (χ4v) is 4.15. The molecule has 0 atom stereocenters. The van der Waals surface area contributed by atoms with Crippen molar-refractivity contribution >= 4 is 19.7 Å². The second-order valence-corrected chi connectivity index (χ2v) is 10.3. The average molecular weight is 345 g/mol. The molecular weight excluding hydrogens is 324 g/mol. The van der Waals surface area contributed by atoms with Crippen LogP contribution in [-0.2, 0) is 0 Å². The van der Waals surface area contributed by atoms with E-state index in [9.17, 15) is 15.5 Å². The lowest BCUT2D eigenvalue weighted by Gasteiger charge is -2.42. The number of hydrogen-bond donors (Lipinski definition) is 0. The van der Waals surface area contributed by atoms with Crippen molar-refractivity contribution in [2.24, 2.45) is 5.92 Å². The molecular formula is C15H21ClF4S. The van der Waals surface area contributed by atoms with Gasteiger partial charge in [0.1, 0.15) is 0 Å². The Morgan fingerprint density at radius 2 is 1.52 bits per heavy atom. The van der Waals surface area contributed by atoms with E-state index in [0.29, 0.717) is 0 Å². The summed E-state index contributed by atoms with van der Waals surface area (Å²) in [5, 5.41) is 0. The molecule has 0 amide bonds. The molecule has 0 N–H and O–H groups in total. The molecule has 0 aromatic heterocycles. The Kier molecular flexibility index (Phi) is 4.08. The van der Waals surface area contributed by atoms with Crippen LogP contribution < -0.4 is 0 Å². The quantitative estimate of drug-likeness (QED) is 0.491. The molecule has 1 aromatic carbocycles. The Balaban J connectivity index is 2.08. The topological polar surface area (TPSA) is 0 Å². The smallest absolute Gasteiger partial charge is 0.107 e. The molecule has 122 valence electrons. The summed E-state index contributed by atoms with van der Waals surface area (Å²) in [6, 6.07) is 4.31. The summed E-state index contributed by atoms with van der Waals surface area (Å²) in [4.78, 5) is -1.36. The SMILES string of the molecule is CCCC1CCC(c2ccc(S(F)(F)(F)(F)Cl)cc2)CC1. The van der Waals surface area contributed by atoms with Crippen molar-refractivity contribution in [3.8, 4) is 0 Å². The van der Waals surface area contributed by atoms with Crippen molar-refractivity contribution in [1.82, 2.24) is 0 Å². The van der Waals surface area contributed by atoms with Gasteiger partial charge in [-0.1, -0.05) is 31.9 Å². The fourth-order valence-electron chi connectivity index (χ4n) is 3.19. The highest BCUT2D eigenvalue weighted by Crippen LogP contribution is 3.04. The van der Waals surface area contributed by atoms with Crippen LogP contribution in [0, 0.1) is 5.92 Å². The first-order valence-corrected chi connectivity index (χ1v) is 10.2. The first-order valence-electron chi connectivity index (χ1n) is 7.33. The van der Waals surface area contributed by atoms with E-state index in [2.05, 4.69) is 17.6 Å². The molecule has 0 unspecified atom stereocenters. The summed E-state index contributed by atoms with van der Waals surface area (Å²) in [6.07, 6.45) is 6.62. The fraction of sp³-hybridized carbons (Fsp3) is 0.600. The van der Waals surface area contributed by atoms with Gasteiger partial charge >= 0.3 is 0 Å². The molecule has 2 rings (SSSR count). The van der Waals surface area contributed by atoms with Crippen molar-refractivity contribution in [2.75, 3.05) is 0 Å². The molecule has 0 aliphatic heterocycles. The highest BCUT2D eigenvalue weighted by Gasteiger charge is 2.62. The molecule has 0 radical (unpaired) electrons. The molecule has 21 heavy (non-hydrogen) atoms. The van der Waals surface area contributed by atoms with E-state index in [4.69, 9.17) is 0 Å². The lowest BCUT2D eigenvalue weighted by Crippen LogP contribution is -2.13. The van der Waals surface area contributed by atoms with E-state index in [1.54, 1.807) is 0 Å². The van der Waals surface area contributed by atoms with Gasteiger partial charge in [-0.25, -0.2) is 0 Å². The largest absolute Gasteiger partial charge is 0.253 e. The molecule has 0 bridgehead atoms. The van der Waals surface area contributed by atoms with Gasteiger partial charge in [-0.2, -0.15) is 0 Å². The van der Waals surface area contributed by atoms with Gasteiger partial charge in [0, 0.05) is 10.7 Å². The maximum absolute atomic E-state index is 13.1. The van der Waals surface area contributed by atoms with E-state index in [0.717, 1.165) is 49.3 Å². The average Bonchev–Trinajstić information content (AvgIpc) is 2.38. The van der Waals surface area contributed by atoms with Crippen molar-refractivity contribution in [3.05, 3.63) is 29.8 Å². The van der Waals surface area contributed by atoms with Crippen LogP contribution in [0.4, 0.5) is 15.5 Å². The van der Waals surface area contributed by atoms with Crippen LogP contribution in [0.25, 0.3) is 0 Å². The van der Waals surface area contributed by atoms with E-state index >= 15 is 0 Å². The maximum Gasteiger partial charge on any atom is 0.253 e. The van der Waals surface area contributed by atoms with Gasteiger partial charge in [0.25, 0.3) is 9.05 Å². The van der Waals surface area contributed by atoms with Gasteiger partial charge in [-0.05, 0) is 55.2 Å². The Bertz CT molecular complexity index is 486. The summed E-state index contributed by atoms with van der Waals surface area (Å²) >= 11 is 0. The minimum Gasteiger partial charge on any atom is -0.107 e.